The van der Waals surface area contributed by atoms with Crippen molar-refractivity contribution in [2.75, 3.05) is 0 Å². The standard InChI is InChI=1S/C13H11N3O2/c1-3-10(2)18-13(17)12-9-11(5-7-14-12)16-8-4-6-15-16/h1,4-10H,2H3/t10-/m1/s1. The number of pyridine rings is 1. The zero-order valence-electron chi connectivity index (χ0n) is 9.78. The molecule has 0 aliphatic carbocycles. The van der Waals surface area contributed by atoms with Crippen molar-refractivity contribution >= 4 is 5.97 Å². The van der Waals surface area contributed by atoms with Crippen LogP contribution in [0.5, 0.6) is 0 Å². The third kappa shape index (κ3) is 2.55. The van der Waals surface area contributed by atoms with Crippen LogP contribution in [0, 0.1) is 12.3 Å². The van der Waals surface area contributed by atoms with E-state index in [2.05, 4.69) is 16.0 Å². The third-order valence-corrected chi connectivity index (χ3v) is 2.24. The van der Waals surface area contributed by atoms with E-state index in [4.69, 9.17) is 11.2 Å². The molecule has 18 heavy (non-hydrogen) atoms. The van der Waals surface area contributed by atoms with Gasteiger partial charge in [0.1, 0.15) is 0 Å². The van der Waals surface area contributed by atoms with Crippen molar-refractivity contribution in [2.45, 2.75) is 13.0 Å². The fourth-order valence-corrected chi connectivity index (χ4v) is 1.35. The van der Waals surface area contributed by atoms with Crippen LogP contribution in [0.25, 0.3) is 5.69 Å². The Labute approximate surface area is 104 Å². The van der Waals surface area contributed by atoms with Gasteiger partial charge in [-0.3, -0.25) is 0 Å². The molecule has 0 saturated heterocycles. The molecule has 0 radical (unpaired) electrons. The second-order valence-electron chi connectivity index (χ2n) is 3.56. The van der Waals surface area contributed by atoms with Crippen molar-refractivity contribution in [1.29, 1.82) is 0 Å². The van der Waals surface area contributed by atoms with Crippen molar-refractivity contribution in [2.24, 2.45) is 0 Å². The highest BCUT2D eigenvalue weighted by Crippen LogP contribution is 2.08. The van der Waals surface area contributed by atoms with Gasteiger partial charge in [-0.15, -0.1) is 6.42 Å². The van der Waals surface area contributed by atoms with Gasteiger partial charge in [0, 0.05) is 18.6 Å². The number of carbonyl (C=O) groups is 1. The molecule has 0 aliphatic rings. The summed E-state index contributed by atoms with van der Waals surface area (Å²) in [5.74, 6) is 1.77. The number of hydrogen-bond acceptors (Lipinski definition) is 4. The summed E-state index contributed by atoms with van der Waals surface area (Å²) in [7, 11) is 0. The third-order valence-electron chi connectivity index (χ3n) is 2.24. The molecule has 5 nitrogen and oxygen atoms in total. The summed E-state index contributed by atoms with van der Waals surface area (Å²) in [5.41, 5.74) is 0.931. The van der Waals surface area contributed by atoms with Crippen LogP contribution in [0.2, 0.25) is 0 Å². The maximum Gasteiger partial charge on any atom is 0.358 e. The summed E-state index contributed by atoms with van der Waals surface area (Å²) in [6.07, 6.45) is 9.51. The molecule has 1 atom stereocenters. The Morgan fingerprint density at radius 2 is 2.39 bits per heavy atom. The van der Waals surface area contributed by atoms with Crippen molar-refractivity contribution in [3.63, 3.8) is 0 Å². The molecule has 90 valence electrons. The first-order chi connectivity index (χ1) is 8.70. The van der Waals surface area contributed by atoms with Crippen LogP contribution in [-0.2, 0) is 4.74 Å². The minimum absolute atomic E-state index is 0.199. The van der Waals surface area contributed by atoms with Crippen molar-refractivity contribution in [3.05, 3.63) is 42.5 Å². The number of aromatic nitrogens is 3. The predicted molar refractivity (Wildman–Crippen MR) is 65.1 cm³/mol. The first kappa shape index (κ1) is 11.9. The first-order valence-corrected chi connectivity index (χ1v) is 5.34. The normalized spacial score (nSPS) is 11.6. The van der Waals surface area contributed by atoms with Gasteiger partial charge in [-0.1, -0.05) is 5.92 Å². The van der Waals surface area contributed by atoms with Gasteiger partial charge in [-0.05, 0) is 25.1 Å². The van der Waals surface area contributed by atoms with E-state index in [1.165, 1.54) is 6.20 Å². The fourth-order valence-electron chi connectivity index (χ4n) is 1.35. The Kier molecular flexibility index (Phi) is 3.39. The number of terminal acetylenes is 1. The molecule has 0 aromatic carbocycles. The van der Waals surface area contributed by atoms with Gasteiger partial charge in [0.15, 0.2) is 11.8 Å². The van der Waals surface area contributed by atoms with Crippen LogP contribution in [0.3, 0.4) is 0 Å². The number of rotatable bonds is 3. The molecule has 5 heteroatoms. The number of carbonyl (C=O) groups excluding carboxylic acids is 1. The van der Waals surface area contributed by atoms with Crippen molar-refractivity contribution in [3.8, 4) is 18.0 Å². The lowest BCUT2D eigenvalue weighted by molar-refractivity contribution is 0.0432. The van der Waals surface area contributed by atoms with Crippen LogP contribution < -0.4 is 0 Å². The lowest BCUT2D eigenvalue weighted by atomic mass is 10.3. The van der Waals surface area contributed by atoms with Crippen molar-refractivity contribution < 1.29 is 9.53 Å². The summed E-state index contributed by atoms with van der Waals surface area (Å²) in [4.78, 5) is 15.7. The molecular weight excluding hydrogens is 230 g/mol. The van der Waals surface area contributed by atoms with E-state index in [9.17, 15) is 4.79 Å². The van der Waals surface area contributed by atoms with Gasteiger partial charge >= 0.3 is 5.97 Å². The molecule has 0 fully saturated rings. The molecule has 2 aromatic rings. The Balaban J connectivity index is 2.23. The van der Waals surface area contributed by atoms with Gasteiger partial charge in [0.25, 0.3) is 0 Å². The molecule has 2 rings (SSSR count). The lowest BCUT2D eigenvalue weighted by Gasteiger charge is -2.07. The van der Waals surface area contributed by atoms with E-state index >= 15 is 0 Å². The van der Waals surface area contributed by atoms with Gasteiger partial charge < -0.3 is 4.74 Å². The molecule has 2 heterocycles. The summed E-state index contributed by atoms with van der Waals surface area (Å²) in [6, 6.07) is 5.13. The zero-order chi connectivity index (χ0) is 13.0. The Morgan fingerprint density at radius 1 is 1.56 bits per heavy atom. The molecule has 0 saturated carbocycles. The highest BCUT2D eigenvalue weighted by molar-refractivity contribution is 5.88. The molecule has 0 spiro atoms. The molecular formula is C13H11N3O2. The average Bonchev–Trinajstić information content (AvgIpc) is 2.92. The fraction of sp³-hybridized carbons (Fsp3) is 0.154. The monoisotopic (exact) mass is 241 g/mol. The van der Waals surface area contributed by atoms with Gasteiger partial charge in [0.05, 0.1) is 5.69 Å². The second kappa shape index (κ2) is 5.15. The Hall–Kier alpha value is -2.61. The molecule has 2 aromatic heterocycles. The van der Waals surface area contributed by atoms with E-state index < -0.39 is 12.1 Å². The quantitative estimate of drug-likeness (QED) is 0.602. The smallest absolute Gasteiger partial charge is 0.358 e. The summed E-state index contributed by atoms with van der Waals surface area (Å²) < 4.78 is 6.62. The van der Waals surface area contributed by atoms with E-state index in [1.54, 1.807) is 42.2 Å². The van der Waals surface area contributed by atoms with Crippen LogP contribution in [0.1, 0.15) is 17.4 Å². The minimum atomic E-state index is -0.576. The number of hydrogen-bond donors (Lipinski definition) is 0. The van der Waals surface area contributed by atoms with Gasteiger partial charge in [-0.25, -0.2) is 14.5 Å². The van der Waals surface area contributed by atoms with E-state index in [1.807, 2.05) is 0 Å². The van der Waals surface area contributed by atoms with Crippen LogP contribution in [0.15, 0.2) is 36.8 Å². The maximum atomic E-state index is 11.7. The lowest BCUT2D eigenvalue weighted by Crippen LogP contribution is -2.14. The topological polar surface area (TPSA) is 57.0 Å². The zero-order valence-corrected chi connectivity index (χ0v) is 9.78. The van der Waals surface area contributed by atoms with Crippen molar-refractivity contribution in [1.82, 2.24) is 14.8 Å². The Bertz CT molecular complexity index is 585. The van der Waals surface area contributed by atoms with Gasteiger partial charge in [0.2, 0.25) is 0 Å². The summed E-state index contributed by atoms with van der Waals surface area (Å²) in [6.45, 7) is 1.62. The highest BCUT2D eigenvalue weighted by Gasteiger charge is 2.12. The van der Waals surface area contributed by atoms with Crippen LogP contribution in [0.4, 0.5) is 0 Å². The Morgan fingerprint density at radius 3 is 3.06 bits per heavy atom. The van der Waals surface area contributed by atoms with Gasteiger partial charge in [-0.2, -0.15) is 5.10 Å². The predicted octanol–water partition coefficient (Wildman–Crippen LogP) is 1.45. The van der Waals surface area contributed by atoms with E-state index in [0.29, 0.717) is 0 Å². The molecule has 0 aliphatic heterocycles. The van der Waals surface area contributed by atoms with Crippen LogP contribution in [-0.4, -0.2) is 26.8 Å². The molecule has 0 amide bonds. The minimum Gasteiger partial charge on any atom is -0.445 e. The van der Waals surface area contributed by atoms with E-state index in [-0.39, 0.29) is 5.69 Å². The number of ether oxygens (including phenoxy) is 1. The number of esters is 1. The summed E-state index contributed by atoms with van der Waals surface area (Å²) >= 11 is 0. The van der Waals surface area contributed by atoms with E-state index in [0.717, 1.165) is 5.69 Å². The largest absolute Gasteiger partial charge is 0.445 e. The highest BCUT2D eigenvalue weighted by atomic mass is 16.5. The summed E-state index contributed by atoms with van der Waals surface area (Å²) in [5, 5.41) is 4.07. The first-order valence-electron chi connectivity index (χ1n) is 5.34. The molecule has 0 unspecified atom stereocenters. The SMILES string of the molecule is C#C[C@@H](C)OC(=O)c1cc(-n2cccn2)ccn1. The number of nitrogens with zero attached hydrogens (tertiary/aromatic N) is 3. The molecule has 0 N–H and O–H groups in total. The molecule has 0 bridgehead atoms. The van der Waals surface area contributed by atoms with Crippen LogP contribution >= 0.6 is 0 Å². The maximum absolute atomic E-state index is 11.7. The average molecular weight is 241 g/mol. The second-order valence-corrected chi connectivity index (χ2v) is 3.56.